The van der Waals surface area contributed by atoms with Crippen LogP contribution in [-0.2, 0) is 0 Å². The summed E-state index contributed by atoms with van der Waals surface area (Å²) in [6.45, 7) is 0. The van der Waals surface area contributed by atoms with Crippen molar-refractivity contribution >= 4 is 27.1 Å². The fourth-order valence-electron chi connectivity index (χ4n) is 2.53. The molecule has 0 aliphatic carbocycles. The van der Waals surface area contributed by atoms with E-state index in [9.17, 15) is 0 Å². The Hall–Kier alpha value is -3.13. The Morgan fingerprint density at radius 3 is 2.44 bits per heavy atom. The topological polar surface area (TPSA) is 73.6 Å². The molecule has 0 amide bonds. The summed E-state index contributed by atoms with van der Waals surface area (Å²) in [5.41, 5.74) is 1.68. The fraction of sp³-hybridized carbons (Fsp3) is 0.118. The zero-order valence-corrected chi connectivity index (χ0v) is 14.4. The summed E-state index contributed by atoms with van der Waals surface area (Å²) in [5.74, 6) is 2.11. The third kappa shape index (κ3) is 2.76. The zero-order valence-electron chi connectivity index (χ0n) is 13.6. The van der Waals surface area contributed by atoms with Gasteiger partial charge in [-0.05, 0) is 24.3 Å². The second kappa shape index (κ2) is 6.40. The molecule has 0 unspecified atom stereocenters. The SMILES string of the molecule is COc1ccccc1Nc1nn2c(-c3ccccc3OC)nnc2s1. The van der Waals surface area contributed by atoms with Crippen LogP contribution in [0.15, 0.2) is 48.5 Å². The lowest BCUT2D eigenvalue weighted by Crippen LogP contribution is -1.97. The van der Waals surface area contributed by atoms with Gasteiger partial charge < -0.3 is 14.8 Å². The Labute approximate surface area is 147 Å². The summed E-state index contributed by atoms with van der Waals surface area (Å²) in [6, 6.07) is 15.3. The summed E-state index contributed by atoms with van der Waals surface area (Å²) < 4.78 is 12.5. The van der Waals surface area contributed by atoms with Crippen molar-refractivity contribution < 1.29 is 9.47 Å². The predicted molar refractivity (Wildman–Crippen MR) is 96.9 cm³/mol. The smallest absolute Gasteiger partial charge is 0.236 e. The van der Waals surface area contributed by atoms with Crippen LogP contribution in [-0.4, -0.2) is 34.0 Å². The monoisotopic (exact) mass is 353 g/mol. The molecule has 0 spiro atoms. The first-order valence-electron chi connectivity index (χ1n) is 7.56. The highest BCUT2D eigenvalue weighted by molar-refractivity contribution is 7.20. The molecule has 1 N–H and O–H groups in total. The van der Waals surface area contributed by atoms with E-state index in [0.29, 0.717) is 15.9 Å². The molecule has 8 heteroatoms. The number of hydrogen-bond acceptors (Lipinski definition) is 7. The maximum Gasteiger partial charge on any atom is 0.236 e. The number of aromatic nitrogens is 4. The Morgan fingerprint density at radius 1 is 0.920 bits per heavy atom. The number of hydrogen-bond donors (Lipinski definition) is 1. The second-order valence-corrected chi connectivity index (χ2v) is 6.11. The number of rotatable bonds is 5. The highest BCUT2D eigenvalue weighted by Gasteiger charge is 2.17. The molecular weight excluding hydrogens is 338 g/mol. The van der Waals surface area contributed by atoms with Crippen molar-refractivity contribution in [3.63, 3.8) is 0 Å². The molecule has 7 nitrogen and oxygen atoms in total. The number of nitrogens with zero attached hydrogens (tertiary/aromatic N) is 4. The van der Waals surface area contributed by atoms with Gasteiger partial charge in [0.25, 0.3) is 0 Å². The van der Waals surface area contributed by atoms with Crippen molar-refractivity contribution in [3.8, 4) is 22.9 Å². The van der Waals surface area contributed by atoms with E-state index in [-0.39, 0.29) is 0 Å². The lowest BCUT2D eigenvalue weighted by Gasteiger charge is -2.07. The van der Waals surface area contributed by atoms with E-state index in [2.05, 4.69) is 20.6 Å². The van der Waals surface area contributed by atoms with Gasteiger partial charge in [0, 0.05) is 0 Å². The molecule has 0 aliphatic heterocycles. The maximum absolute atomic E-state index is 5.41. The summed E-state index contributed by atoms with van der Waals surface area (Å²) in [5, 5.41) is 17.0. The molecule has 4 rings (SSSR count). The molecule has 0 fully saturated rings. The van der Waals surface area contributed by atoms with E-state index >= 15 is 0 Å². The molecule has 4 aromatic rings. The normalized spacial score (nSPS) is 10.8. The van der Waals surface area contributed by atoms with Gasteiger partial charge in [0.1, 0.15) is 11.5 Å². The van der Waals surface area contributed by atoms with Crippen LogP contribution < -0.4 is 14.8 Å². The fourth-order valence-corrected chi connectivity index (χ4v) is 3.28. The largest absolute Gasteiger partial charge is 0.496 e. The molecule has 0 saturated carbocycles. The highest BCUT2D eigenvalue weighted by Crippen LogP contribution is 2.32. The zero-order chi connectivity index (χ0) is 17.2. The molecule has 2 heterocycles. The summed E-state index contributed by atoms with van der Waals surface area (Å²) in [7, 11) is 3.27. The van der Waals surface area contributed by atoms with Crippen LogP contribution in [0.5, 0.6) is 11.5 Å². The second-order valence-electron chi connectivity index (χ2n) is 5.15. The average molecular weight is 353 g/mol. The van der Waals surface area contributed by atoms with Gasteiger partial charge in [-0.1, -0.05) is 35.6 Å². The molecule has 2 aromatic carbocycles. The van der Waals surface area contributed by atoms with Crippen molar-refractivity contribution in [3.05, 3.63) is 48.5 Å². The van der Waals surface area contributed by atoms with E-state index in [1.807, 2.05) is 48.5 Å². The Kier molecular flexibility index (Phi) is 3.95. The first-order chi connectivity index (χ1) is 12.3. The van der Waals surface area contributed by atoms with Gasteiger partial charge in [-0.2, -0.15) is 4.52 Å². The first-order valence-corrected chi connectivity index (χ1v) is 8.37. The van der Waals surface area contributed by atoms with E-state index in [1.165, 1.54) is 11.3 Å². The minimum atomic E-state index is 0.636. The number of fused-ring (bicyclic) bond motifs is 1. The minimum absolute atomic E-state index is 0.636. The predicted octanol–water partition coefficient (Wildman–Crippen LogP) is 3.61. The Balaban J connectivity index is 1.74. The number of ether oxygens (including phenoxy) is 2. The molecule has 0 radical (unpaired) electrons. The molecule has 0 atom stereocenters. The van der Waals surface area contributed by atoms with Crippen LogP contribution in [0.2, 0.25) is 0 Å². The molecule has 126 valence electrons. The quantitative estimate of drug-likeness (QED) is 0.591. The van der Waals surface area contributed by atoms with Crippen LogP contribution in [0.25, 0.3) is 16.3 Å². The molecular formula is C17H15N5O2S. The Bertz CT molecular complexity index is 1030. The summed E-state index contributed by atoms with van der Waals surface area (Å²) >= 11 is 1.41. The molecule has 0 aliphatic rings. The van der Waals surface area contributed by atoms with E-state index in [1.54, 1.807) is 18.7 Å². The number of methoxy groups -OCH3 is 2. The molecule has 2 aromatic heterocycles. The van der Waals surface area contributed by atoms with Crippen LogP contribution in [0.4, 0.5) is 10.8 Å². The first kappa shape index (κ1) is 15.4. The van der Waals surface area contributed by atoms with Crippen molar-refractivity contribution in [1.29, 1.82) is 0 Å². The summed E-state index contributed by atoms with van der Waals surface area (Å²) in [4.78, 5) is 0.693. The number of anilines is 2. The third-order valence-electron chi connectivity index (χ3n) is 3.69. The van der Waals surface area contributed by atoms with Gasteiger partial charge in [0.05, 0.1) is 25.5 Å². The van der Waals surface area contributed by atoms with Crippen molar-refractivity contribution in [2.24, 2.45) is 0 Å². The van der Waals surface area contributed by atoms with Crippen molar-refractivity contribution in [2.45, 2.75) is 0 Å². The average Bonchev–Trinajstić information content (AvgIpc) is 3.22. The lowest BCUT2D eigenvalue weighted by atomic mass is 10.2. The van der Waals surface area contributed by atoms with Crippen LogP contribution >= 0.6 is 11.3 Å². The molecule has 0 bridgehead atoms. The number of benzene rings is 2. The van der Waals surface area contributed by atoms with Crippen molar-refractivity contribution in [1.82, 2.24) is 19.8 Å². The standard InChI is InChI=1S/C17H15N5O2S/c1-23-13-9-5-3-7-11(13)15-19-20-17-22(15)21-16(25-17)18-12-8-4-6-10-14(12)24-2/h3-10H,1-2H3,(H,18,21). The maximum atomic E-state index is 5.41. The van der Waals surface area contributed by atoms with Crippen molar-refractivity contribution in [2.75, 3.05) is 19.5 Å². The van der Waals surface area contributed by atoms with Gasteiger partial charge in [-0.3, -0.25) is 0 Å². The molecule has 0 saturated heterocycles. The van der Waals surface area contributed by atoms with Gasteiger partial charge >= 0.3 is 0 Å². The van der Waals surface area contributed by atoms with Gasteiger partial charge in [0.15, 0.2) is 5.82 Å². The van der Waals surface area contributed by atoms with Gasteiger partial charge in [0.2, 0.25) is 10.1 Å². The minimum Gasteiger partial charge on any atom is -0.496 e. The van der Waals surface area contributed by atoms with E-state index in [4.69, 9.17) is 9.47 Å². The van der Waals surface area contributed by atoms with E-state index < -0.39 is 0 Å². The van der Waals surface area contributed by atoms with E-state index in [0.717, 1.165) is 22.7 Å². The van der Waals surface area contributed by atoms with Crippen LogP contribution in [0, 0.1) is 0 Å². The molecule has 25 heavy (non-hydrogen) atoms. The van der Waals surface area contributed by atoms with Gasteiger partial charge in [-0.25, -0.2) is 0 Å². The highest BCUT2D eigenvalue weighted by atomic mass is 32.1. The summed E-state index contributed by atoms with van der Waals surface area (Å²) in [6.07, 6.45) is 0. The Morgan fingerprint density at radius 2 is 1.64 bits per heavy atom. The number of nitrogens with one attached hydrogen (secondary N) is 1. The third-order valence-corrected chi connectivity index (χ3v) is 4.50. The van der Waals surface area contributed by atoms with Crippen LogP contribution in [0.1, 0.15) is 0 Å². The number of para-hydroxylation sites is 3. The van der Waals surface area contributed by atoms with Crippen LogP contribution in [0.3, 0.4) is 0 Å². The lowest BCUT2D eigenvalue weighted by molar-refractivity contribution is 0.416. The van der Waals surface area contributed by atoms with Gasteiger partial charge in [-0.15, -0.1) is 15.3 Å².